The number of likely N-dealkylation sites (tertiary alicyclic amines) is 1. The standard InChI is InChI=1S/C23H31N5O3/c24-20(21(25)30)16-6-1-2-7-17(16)26-14-19(29)28-12-4-8-18(28)22(31)27-15-5-3-9-23(13-15)10-11-23/h1-2,6-7,15,18,24,26H,3-5,8-14H2,(H2,25,30)(H,27,31)/p+1/t15?,18-/m0/s1. The van der Waals surface area contributed by atoms with Crippen LogP contribution in [-0.4, -0.2) is 53.5 Å². The SMILES string of the molecule is NC(=O)C(=[NH2+])c1ccccc1NCC(=O)N1CCC[C@H]1C(=O)NC1CCCC2(CC2)C1. The van der Waals surface area contributed by atoms with Crippen LogP contribution < -0.4 is 21.8 Å². The number of benzene rings is 1. The van der Waals surface area contributed by atoms with Crippen molar-refractivity contribution >= 4 is 29.1 Å². The van der Waals surface area contributed by atoms with Crippen LogP contribution in [0.5, 0.6) is 0 Å². The molecule has 1 unspecified atom stereocenters. The molecule has 1 saturated heterocycles. The lowest BCUT2D eigenvalue weighted by molar-refractivity contribution is -0.137. The first-order chi connectivity index (χ1) is 14.9. The zero-order valence-electron chi connectivity index (χ0n) is 17.9. The lowest BCUT2D eigenvalue weighted by Crippen LogP contribution is -2.51. The van der Waals surface area contributed by atoms with Crippen LogP contribution in [0.3, 0.4) is 0 Å². The highest BCUT2D eigenvalue weighted by molar-refractivity contribution is 6.43. The summed E-state index contributed by atoms with van der Waals surface area (Å²) in [4.78, 5) is 39.0. The van der Waals surface area contributed by atoms with E-state index in [0.29, 0.717) is 29.6 Å². The topological polar surface area (TPSA) is 130 Å². The van der Waals surface area contributed by atoms with Crippen molar-refractivity contribution in [3.8, 4) is 0 Å². The molecule has 166 valence electrons. The Morgan fingerprint density at radius 1 is 1.13 bits per heavy atom. The highest BCUT2D eigenvalue weighted by atomic mass is 16.2. The molecular formula is C23H32N5O3+. The van der Waals surface area contributed by atoms with Crippen LogP contribution in [-0.2, 0) is 14.4 Å². The minimum Gasteiger partial charge on any atom is -0.375 e. The van der Waals surface area contributed by atoms with Crippen molar-refractivity contribution in [3.05, 3.63) is 29.8 Å². The molecule has 1 spiro atoms. The Morgan fingerprint density at radius 3 is 2.65 bits per heavy atom. The number of nitrogens with two attached hydrogens (primary N) is 2. The minimum absolute atomic E-state index is 0.0133. The Kier molecular flexibility index (Phi) is 5.98. The number of carbonyl (C=O) groups excluding carboxylic acids is 3. The van der Waals surface area contributed by atoms with Gasteiger partial charge in [-0.2, -0.15) is 0 Å². The van der Waals surface area contributed by atoms with Gasteiger partial charge in [-0.15, -0.1) is 0 Å². The minimum atomic E-state index is -0.715. The van der Waals surface area contributed by atoms with Gasteiger partial charge in [0.15, 0.2) is 0 Å². The second-order valence-electron chi connectivity index (χ2n) is 9.22. The van der Waals surface area contributed by atoms with Crippen molar-refractivity contribution in [2.24, 2.45) is 11.1 Å². The molecule has 3 fully saturated rings. The van der Waals surface area contributed by atoms with Crippen LogP contribution in [0, 0.1) is 5.41 Å². The Hall–Kier alpha value is -2.90. The van der Waals surface area contributed by atoms with E-state index in [-0.39, 0.29) is 30.1 Å². The molecule has 31 heavy (non-hydrogen) atoms. The molecule has 0 radical (unpaired) electrons. The van der Waals surface area contributed by atoms with Crippen molar-refractivity contribution in [1.82, 2.24) is 10.2 Å². The lowest BCUT2D eigenvalue weighted by Gasteiger charge is -2.32. The summed E-state index contributed by atoms with van der Waals surface area (Å²) in [6.45, 7) is 0.587. The number of anilines is 1. The quantitative estimate of drug-likeness (QED) is 0.456. The molecule has 0 aromatic heterocycles. The molecule has 2 atom stereocenters. The van der Waals surface area contributed by atoms with Gasteiger partial charge in [0.25, 0.3) is 5.71 Å². The molecule has 3 amide bonds. The largest absolute Gasteiger partial charge is 0.375 e. The molecule has 4 rings (SSSR count). The number of para-hydroxylation sites is 1. The summed E-state index contributed by atoms with van der Waals surface area (Å²) in [5.41, 5.74) is 6.74. The maximum absolute atomic E-state index is 13.0. The van der Waals surface area contributed by atoms with Crippen molar-refractivity contribution in [3.63, 3.8) is 0 Å². The zero-order chi connectivity index (χ0) is 22.0. The first kappa shape index (κ1) is 21.3. The van der Waals surface area contributed by atoms with Crippen molar-refractivity contribution in [1.29, 1.82) is 0 Å². The molecule has 2 aliphatic carbocycles. The zero-order valence-corrected chi connectivity index (χ0v) is 17.9. The van der Waals surface area contributed by atoms with Crippen molar-refractivity contribution in [2.45, 2.75) is 63.5 Å². The summed E-state index contributed by atoms with van der Waals surface area (Å²) < 4.78 is 0. The average Bonchev–Trinajstić information content (AvgIpc) is 3.30. The molecule has 1 aromatic rings. The summed E-state index contributed by atoms with van der Waals surface area (Å²) in [6, 6.07) is 6.77. The Morgan fingerprint density at radius 2 is 1.90 bits per heavy atom. The number of amides is 3. The van der Waals surface area contributed by atoms with Crippen LogP contribution in [0.2, 0.25) is 0 Å². The molecule has 6 N–H and O–H groups in total. The van der Waals surface area contributed by atoms with E-state index < -0.39 is 11.9 Å². The number of hydrogen-bond donors (Lipinski definition) is 4. The Labute approximate surface area is 182 Å². The van der Waals surface area contributed by atoms with Gasteiger partial charge in [0, 0.05) is 18.3 Å². The van der Waals surface area contributed by atoms with Gasteiger partial charge >= 0.3 is 5.91 Å². The third-order valence-electron chi connectivity index (χ3n) is 7.03. The van der Waals surface area contributed by atoms with Gasteiger partial charge in [-0.1, -0.05) is 18.6 Å². The number of nitrogens with one attached hydrogen (secondary N) is 2. The maximum atomic E-state index is 13.0. The van der Waals surface area contributed by atoms with Gasteiger partial charge in [0.1, 0.15) is 6.04 Å². The molecule has 3 aliphatic rings. The van der Waals surface area contributed by atoms with Crippen molar-refractivity contribution < 1.29 is 19.8 Å². The summed E-state index contributed by atoms with van der Waals surface area (Å²) in [5, 5.41) is 12.1. The first-order valence-electron chi connectivity index (χ1n) is 11.2. The molecule has 2 saturated carbocycles. The van der Waals surface area contributed by atoms with Gasteiger partial charge in [-0.05, 0) is 62.5 Å². The molecule has 0 bridgehead atoms. The van der Waals surface area contributed by atoms with E-state index >= 15 is 0 Å². The Bertz CT molecular complexity index is 895. The van der Waals surface area contributed by atoms with Crippen LogP contribution in [0.15, 0.2) is 24.3 Å². The number of rotatable bonds is 7. The summed E-state index contributed by atoms with van der Waals surface area (Å²) in [6.07, 6.45) is 8.66. The second kappa shape index (κ2) is 8.69. The highest BCUT2D eigenvalue weighted by Gasteiger charge is 2.46. The Balaban J connectivity index is 1.34. The summed E-state index contributed by atoms with van der Waals surface area (Å²) >= 11 is 0. The summed E-state index contributed by atoms with van der Waals surface area (Å²) in [5.74, 6) is -0.889. The fraction of sp³-hybridized carbons (Fsp3) is 0.565. The fourth-order valence-corrected chi connectivity index (χ4v) is 5.12. The lowest BCUT2D eigenvalue weighted by atomic mass is 9.83. The average molecular weight is 427 g/mol. The second-order valence-corrected chi connectivity index (χ2v) is 9.22. The highest BCUT2D eigenvalue weighted by Crippen LogP contribution is 2.56. The van der Waals surface area contributed by atoms with E-state index in [9.17, 15) is 14.4 Å². The third-order valence-corrected chi connectivity index (χ3v) is 7.03. The van der Waals surface area contributed by atoms with Crippen LogP contribution in [0.1, 0.15) is 56.9 Å². The van der Waals surface area contributed by atoms with E-state index in [4.69, 9.17) is 11.1 Å². The van der Waals surface area contributed by atoms with E-state index in [0.717, 1.165) is 19.3 Å². The van der Waals surface area contributed by atoms with Crippen molar-refractivity contribution in [2.75, 3.05) is 18.4 Å². The number of carbonyl (C=O) groups is 3. The maximum Gasteiger partial charge on any atom is 0.313 e. The number of hydrogen-bond acceptors (Lipinski definition) is 4. The van der Waals surface area contributed by atoms with E-state index in [1.54, 1.807) is 29.2 Å². The van der Waals surface area contributed by atoms with E-state index in [2.05, 4.69) is 10.6 Å². The third kappa shape index (κ3) is 4.73. The molecule has 1 heterocycles. The number of nitrogens with zero attached hydrogens (tertiary/aromatic N) is 1. The van der Waals surface area contributed by atoms with Gasteiger partial charge in [0.2, 0.25) is 11.8 Å². The smallest absolute Gasteiger partial charge is 0.313 e. The summed E-state index contributed by atoms with van der Waals surface area (Å²) in [7, 11) is 0. The molecule has 8 heteroatoms. The van der Waals surface area contributed by atoms with Gasteiger partial charge in [-0.25, -0.2) is 5.41 Å². The predicted octanol–water partition coefficient (Wildman–Crippen LogP) is -0.0380. The normalized spacial score (nSPS) is 23.9. The van der Waals surface area contributed by atoms with Gasteiger partial charge in [0.05, 0.1) is 12.1 Å². The molecule has 8 nitrogen and oxygen atoms in total. The van der Waals surface area contributed by atoms with Gasteiger partial charge in [-0.3, -0.25) is 14.4 Å². The van der Waals surface area contributed by atoms with Crippen LogP contribution >= 0.6 is 0 Å². The number of primary amides is 1. The van der Waals surface area contributed by atoms with E-state index in [1.807, 2.05) is 0 Å². The van der Waals surface area contributed by atoms with Gasteiger partial charge < -0.3 is 21.3 Å². The molecule has 1 aliphatic heterocycles. The molecular weight excluding hydrogens is 394 g/mol. The van der Waals surface area contributed by atoms with Crippen LogP contribution in [0.4, 0.5) is 5.69 Å². The monoisotopic (exact) mass is 426 g/mol. The van der Waals surface area contributed by atoms with Crippen LogP contribution in [0.25, 0.3) is 0 Å². The predicted molar refractivity (Wildman–Crippen MR) is 117 cm³/mol. The fourth-order valence-electron chi connectivity index (χ4n) is 5.12. The first-order valence-corrected chi connectivity index (χ1v) is 11.2. The van der Waals surface area contributed by atoms with E-state index in [1.165, 1.54) is 25.7 Å². The molecule has 1 aromatic carbocycles.